The summed E-state index contributed by atoms with van der Waals surface area (Å²) in [5.74, 6) is 0.728. The topological polar surface area (TPSA) is 78.7 Å². The molecule has 0 aliphatic carbocycles. The molecule has 142 valence electrons. The molecule has 0 unspecified atom stereocenters. The van der Waals surface area contributed by atoms with E-state index in [-0.39, 0.29) is 18.1 Å². The summed E-state index contributed by atoms with van der Waals surface area (Å²) in [6.07, 6.45) is 0. The van der Waals surface area contributed by atoms with E-state index in [0.29, 0.717) is 33.2 Å². The molecule has 6 nitrogen and oxygen atoms in total. The minimum atomic E-state index is -0.480. The highest BCUT2D eigenvalue weighted by molar-refractivity contribution is 6.34. The summed E-state index contributed by atoms with van der Waals surface area (Å²) in [5, 5.41) is 11.5. The monoisotopic (exact) mass is 397 g/mol. The molecule has 0 aliphatic heterocycles. The average Bonchev–Trinajstić information content (AvgIpc) is 2.72. The maximum absolute atomic E-state index is 12.4. The number of ether oxygens (including phenoxy) is 2. The number of carbonyl (C=O) groups excluding carboxylic acids is 1. The summed E-state index contributed by atoms with van der Waals surface area (Å²) in [6.45, 7) is -0.245. The normalized spacial score (nSPS) is 10.4. The van der Waals surface area contributed by atoms with Gasteiger partial charge in [0.25, 0.3) is 5.69 Å². The van der Waals surface area contributed by atoms with Crippen molar-refractivity contribution < 1.29 is 19.2 Å². The smallest absolute Gasteiger partial charge is 0.270 e. The molecule has 3 aromatic carbocycles. The van der Waals surface area contributed by atoms with E-state index < -0.39 is 4.92 Å². The zero-order valence-corrected chi connectivity index (χ0v) is 15.7. The number of rotatable bonds is 7. The second-order valence-corrected chi connectivity index (χ2v) is 6.26. The van der Waals surface area contributed by atoms with Crippen LogP contribution in [0.5, 0.6) is 11.5 Å². The number of hydrogen-bond acceptors (Lipinski definition) is 5. The first-order valence-corrected chi connectivity index (χ1v) is 8.71. The van der Waals surface area contributed by atoms with Gasteiger partial charge in [0.05, 0.1) is 17.1 Å². The van der Waals surface area contributed by atoms with Gasteiger partial charge in [0.2, 0.25) is 5.78 Å². The SMILES string of the molecule is COc1ccc(-c2cc([N+](=O)[O-])ccc2OCC(=O)c2ccccc2Cl)cc1. The van der Waals surface area contributed by atoms with Crippen LogP contribution in [0.15, 0.2) is 66.7 Å². The second kappa shape index (κ2) is 8.54. The van der Waals surface area contributed by atoms with Gasteiger partial charge in [-0.3, -0.25) is 14.9 Å². The van der Waals surface area contributed by atoms with Gasteiger partial charge < -0.3 is 9.47 Å². The van der Waals surface area contributed by atoms with Crippen LogP contribution in [-0.4, -0.2) is 24.4 Å². The maximum Gasteiger partial charge on any atom is 0.270 e. The predicted molar refractivity (Wildman–Crippen MR) is 106 cm³/mol. The molecule has 3 rings (SSSR count). The van der Waals surface area contributed by atoms with Crippen LogP contribution in [-0.2, 0) is 0 Å². The third kappa shape index (κ3) is 4.29. The Bertz CT molecular complexity index is 1020. The van der Waals surface area contributed by atoms with Crippen LogP contribution in [0.3, 0.4) is 0 Å². The van der Waals surface area contributed by atoms with Crippen molar-refractivity contribution in [2.75, 3.05) is 13.7 Å². The highest BCUT2D eigenvalue weighted by atomic mass is 35.5. The number of ketones is 1. The molecule has 0 aromatic heterocycles. The first-order chi connectivity index (χ1) is 13.5. The fourth-order valence-corrected chi connectivity index (χ4v) is 2.90. The molecule has 0 radical (unpaired) electrons. The molecule has 0 atom stereocenters. The number of Topliss-reactive ketones (excluding diaryl/α,β-unsaturated/α-hetero) is 1. The van der Waals surface area contributed by atoms with Crippen molar-refractivity contribution in [2.24, 2.45) is 0 Å². The maximum atomic E-state index is 12.4. The number of halogens is 1. The largest absolute Gasteiger partial charge is 0.497 e. The van der Waals surface area contributed by atoms with Gasteiger partial charge in [0.1, 0.15) is 11.5 Å². The Balaban J connectivity index is 1.90. The molecule has 0 N–H and O–H groups in total. The summed E-state index contributed by atoms with van der Waals surface area (Å²) >= 11 is 6.05. The lowest BCUT2D eigenvalue weighted by Crippen LogP contribution is -2.12. The zero-order valence-electron chi connectivity index (χ0n) is 14.9. The second-order valence-electron chi connectivity index (χ2n) is 5.86. The number of non-ortho nitro benzene ring substituents is 1. The van der Waals surface area contributed by atoms with Crippen molar-refractivity contribution in [2.45, 2.75) is 0 Å². The zero-order chi connectivity index (χ0) is 20.1. The molecule has 0 saturated heterocycles. The Labute approximate surface area is 166 Å². The number of nitrogens with zero attached hydrogens (tertiary/aromatic N) is 1. The Morgan fingerprint density at radius 2 is 1.79 bits per heavy atom. The molecule has 0 spiro atoms. The van der Waals surface area contributed by atoms with Gasteiger partial charge in [-0.15, -0.1) is 0 Å². The lowest BCUT2D eigenvalue weighted by molar-refractivity contribution is -0.384. The van der Waals surface area contributed by atoms with Gasteiger partial charge in [-0.2, -0.15) is 0 Å². The molecule has 0 amide bonds. The number of nitro groups is 1. The first kappa shape index (κ1) is 19.4. The molecule has 0 bridgehead atoms. The van der Waals surface area contributed by atoms with E-state index in [4.69, 9.17) is 21.1 Å². The molecule has 7 heteroatoms. The van der Waals surface area contributed by atoms with Crippen LogP contribution < -0.4 is 9.47 Å². The molecule has 28 heavy (non-hydrogen) atoms. The summed E-state index contributed by atoms with van der Waals surface area (Å²) < 4.78 is 10.8. The standard InChI is InChI=1S/C21H16ClNO5/c1-27-16-9-6-14(7-10-16)18-12-15(23(25)26)8-11-21(18)28-13-20(24)17-4-2-3-5-19(17)22/h2-12H,13H2,1H3. The summed E-state index contributed by atoms with van der Waals surface area (Å²) in [4.78, 5) is 23.1. The van der Waals surface area contributed by atoms with E-state index in [1.807, 2.05) is 0 Å². The van der Waals surface area contributed by atoms with Gasteiger partial charge in [0.15, 0.2) is 6.61 Å². The van der Waals surface area contributed by atoms with Crippen molar-refractivity contribution in [3.05, 3.63) is 87.4 Å². The fraction of sp³-hybridized carbons (Fsp3) is 0.0952. The number of nitro benzene ring substituents is 1. The van der Waals surface area contributed by atoms with E-state index in [1.165, 1.54) is 18.2 Å². The number of methoxy groups -OCH3 is 1. The fourth-order valence-electron chi connectivity index (χ4n) is 2.66. The van der Waals surface area contributed by atoms with Crippen LogP contribution in [0.4, 0.5) is 5.69 Å². The van der Waals surface area contributed by atoms with Crippen LogP contribution in [0.1, 0.15) is 10.4 Å². The quantitative estimate of drug-likeness (QED) is 0.311. The minimum absolute atomic E-state index is 0.0735. The molecule has 0 aliphatic rings. The Kier molecular flexibility index (Phi) is 5.91. The first-order valence-electron chi connectivity index (χ1n) is 8.33. The lowest BCUT2D eigenvalue weighted by atomic mass is 10.0. The molecule has 0 heterocycles. The molecular weight excluding hydrogens is 382 g/mol. The van der Waals surface area contributed by atoms with Crippen molar-refractivity contribution in [3.8, 4) is 22.6 Å². The third-order valence-electron chi connectivity index (χ3n) is 4.11. The minimum Gasteiger partial charge on any atom is -0.497 e. The van der Waals surface area contributed by atoms with Gasteiger partial charge in [-0.25, -0.2) is 0 Å². The van der Waals surface area contributed by atoms with E-state index >= 15 is 0 Å². The van der Waals surface area contributed by atoms with Crippen molar-refractivity contribution in [1.82, 2.24) is 0 Å². The predicted octanol–water partition coefficient (Wildman–Crippen LogP) is 5.19. The molecule has 0 saturated carbocycles. The van der Waals surface area contributed by atoms with Crippen LogP contribution in [0, 0.1) is 10.1 Å². The van der Waals surface area contributed by atoms with Gasteiger partial charge in [-0.05, 0) is 35.9 Å². The van der Waals surface area contributed by atoms with E-state index in [2.05, 4.69) is 0 Å². The number of carbonyl (C=O) groups is 1. The highest BCUT2D eigenvalue weighted by Gasteiger charge is 2.16. The van der Waals surface area contributed by atoms with Crippen LogP contribution in [0.25, 0.3) is 11.1 Å². The summed E-state index contributed by atoms with van der Waals surface area (Å²) in [6, 6.07) is 17.9. The third-order valence-corrected chi connectivity index (χ3v) is 4.44. The Hall–Kier alpha value is -3.38. The highest BCUT2D eigenvalue weighted by Crippen LogP contribution is 2.34. The average molecular weight is 398 g/mol. The van der Waals surface area contributed by atoms with Gasteiger partial charge in [0, 0.05) is 23.3 Å². The van der Waals surface area contributed by atoms with E-state index in [1.54, 1.807) is 55.6 Å². The lowest BCUT2D eigenvalue weighted by Gasteiger charge is -2.12. The van der Waals surface area contributed by atoms with Crippen molar-refractivity contribution in [3.63, 3.8) is 0 Å². The van der Waals surface area contributed by atoms with Crippen LogP contribution in [0.2, 0.25) is 5.02 Å². The Morgan fingerprint density at radius 1 is 1.07 bits per heavy atom. The van der Waals surface area contributed by atoms with Gasteiger partial charge >= 0.3 is 0 Å². The molecular formula is C21H16ClNO5. The van der Waals surface area contributed by atoms with Crippen molar-refractivity contribution in [1.29, 1.82) is 0 Å². The van der Waals surface area contributed by atoms with E-state index in [9.17, 15) is 14.9 Å². The van der Waals surface area contributed by atoms with Crippen LogP contribution >= 0.6 is 11.6 Å². The number of benzene rings is 3. The number of hydrogen-bond donors (Lipinski definition) is 0. The van der Waals surface area contributed by atoms with E-state index in [0.717, 1.165) is 0 Å². The summed E-state index contributed by atoms with van der Waals surface area (Å²) in [5.41, 5.74) is 1.49. The summed E-state index contributed by atoms with van der Waals surface area (Å²) in [7, 11) is 1.55. The van der Waals surface area contributed by atoms with Crippen molar-refractivity contribution >= 4 is 23.1 Å². The van der Waals surface area contributed by atoms with Gasteiger partial charge in [-0.1, -0.05) is 35.9 Å². The molecule has 3 aromatic rings. The Morgan fingerprint density at radius 3 is 2.43 bits per heavy atom. The molecule has 0 fully saturated rings.